The minimum atomic E-state index is -0.293. The number of thiazole rings is 1. The molecule has 3 N–H and O–H groups in total. The highest BCUT2D eigenvalue weighted by Crippen LogP contribution is 2.20. The molecule has 0 unspecified atom stereocenters. The molecule has 6 heteroatoms. The summed E-state index contributed by atoms with van der Waals surface area (Å²) in [6.07, 6.45) is 1.59. The zero-order valence-electron chi connectivity index (χ0n) is 9.81. The summed E-state index contributed by atoms with van der Waals surface area (Å²) in [7, 11) is 0. The fraction of sp³-hybridized carbons (Fsp3) is 0.0769. The molecule has 2 rings (SSSR count). The predicted octanol–water partition coefficient (Wildman–Crippen LogP) is 2.36. The van der Waals surface area contributed by atoms with E-state index in [0.29, 0.717) is 22.3 Å². The molecule has 4 nitrogen and oxygen atoms in total. The van der Waals surface area contributed by atoms with Gasteiger partial charge in [-0.1, -0.05) is 46.9 Å². The lowest BCUT2D eigenvalue weighted by atomic mass is 10.2. The lowest BCUT2D eigenvalue weighted by Gasteiger charge is -2.02. The maximum atomic E-state index is 12.0. The molecular weight excluding hydrogens is 282 g/mol. The zero-order valence-corrected chi connectivity index (χ0v) is 11.4. The highest BCUT2D eigenvalue weighted by molar-refractivity contribution is 7.16. The molecule has 1 heterocycles. The Bertz CT molecular complexity index is 657. The van der Waals surface area contributed by atoms with Gasteiger partial charge in [0.05, 0.1) is 28.2 Å². The van der Waals surface area contributed by atoms with Gasteiger partial charge in [-0.05, 0) is 12.1 Å². The molecule has 0 aliphatic heterocycles. The molecule has 0 bridgehead atoms. The quantitative estimate of drug-likeness (QED) is 0.835. The Hall–Kier alpha value is -1.87. The first-order valence-electron chi connectivity index (χ1n) is 5.41. The number of nitrogens with two attached hydrogens (primary N) is 1. The van der Waals surface area contributed by atoms with Crippen molar-refractivity contribution < 1.29 is 4.79 Å². The van der Waals surface area contributed by atoms with Crippen LogP contribution >= 0.6 is 22.9 Å². The van der Waals surface area contributed by atoms with Crippen molar-refractivity contribution in [2.45, 2.75) is 0 Å². The van der Waals surface area contributed by atoms with Crippen LogP contribution in [0.3, 0.4) is 0 Å². The van der Waals surface area contributed by atoms with Crippen LogP contribution in [0.5, 0.6) is 0 Å². The first-order chi connectivity index (χ1) is 9.20. The number of rotatable bonds is 2. The minimum absolute atomic E-state index is 0.291. The van der Waals surface area contributed by atoms with Crippen LogP contribution in [-0.2, 0) is 0 Å². The molecule has 0 saturated heterocycles. The van der Waals surface area contributed by atoms with Gasteiger partial charge < -0.3 is 5.73 Å². The molecule has 0 atom stereocenters. The molecule has 0 saturated carbocycles. The average Bonchev–Trinajstić information content (AvgIpc) is 2.84. The van der Waals surface area contributed by atoms with Crippen molar-refractivity contribution in [3.8, 4) is 11.8 Å². The fourth-order valence-corrected chi connectivity index (χ4v) is 2.25. The molecule has 0 aliphatic carbocycles. The van der Waals surface area contributed by atoms with Crippen molar-refractivity contribution in [2.75, 3.05) is 11.9 Å². The molecule has 1 aromatic heterocycles. The van der Waals surface area contributed by atoms with Crippen molar-refractivity contribution in [2.24, 2.45) is 5.73 Å². The van der Waals surface area contributed by atoms with Crippen LogP contribution in [0.15, 0.2) is 30.5 Å². The Kier molecular flexibility index (Phi) is 4.53. The lowest BCUT2D eigenvalue weighted by Crippen LogP contribution is -2.11. The molecule has 1 amide bonds. The topological polar surface area (TPSA) is 68.0 Å². The van der Waals surface area contributed by atoms with Gasteiger partial charge in [0.15, 0.2) is 5.13 Å². The van der Waals surface area contributed by atoms with Gasteiger partial charge in [-0.3, -0.25) is 10.1 Å². The third-order valence-electron chi connectivity index (χ3n) is 2.16. The Morgan fingerprint density at radius 2 is 2.26 bits per heavy atom. The van der Waals surface area contributed by atoms with Crippen LogP contribution in [0.25, 0.3) is 0 Å². The van der Waals surface area contributed by atoms with E-state index in [0.717, 1.165) is 4.88 Å². The molecule has 19 heavy (non-hydrogen) atoms. The number of nitrogens with one attached hydrogen (secondary N) is 1. The van der Waals surface area contributed by atoms with Crippen LogP contribution in [0, 0.1) is 11.8 Å². The number of anilines is 1. The van der Waals surface area contributed by atoms with Crippen molar-refractivity contribution in [3.63, 3.8) is 0 Å². The third kappa shape index (κ3) is 3.55. The van der Waals surface area contributed by atoms with Gasteiger partial charge in [-0.25, -0.2) is 4.98 Å². The zero-order chi connectivity index (χ0) is 13.7. The summed E-state index contributed by atoms with van der Waals surface area (Å²) >= 11 is 7.23. The van der Waals surface area contributed by atoms with E-state index in [1.807, 2.05) is 0 Å². The molecule has 96 valence electrons. The number of hydrogen-bond acceptors (Lipinski definition) is 4. The van der Waals surface area contributed by atoms with Crippen molar-refractivity contribution in [3.05, 3.63) is 45.9 Å². The Morgan fingerprint density at radius 1 is 1.47 bits per heavy atom. The predicted molar refractivity (Wildman–Crippen MR) is 77.5 cm³/mol. The Labute approximate surface area is 119 Å². The van der Waals surface area contributed by atoms with E-state index in [4.69, 9.17) is 17.3 Å². The largest absolute Gasteiger partial charge is 0.320 e. The summed E-state index contributed by atoms with van der Waals surface area (Å²) in [6, 6.07) is 6.83. The van der Waals surface area contributed by atoms with Crippen LogP contribution in [0.4, 0.5) is 5.13 Å². The van der Waals surface area contributed by atoms with Gasteiger partial charge in [-0.15, -0.1) is 0 Å². The van der Waals surface area contributed by atoms with Crippen molar-refractivity contribution in [1.29, 1.82) is 0 Å². The lowest BCUT2D eigenvalue weighted by molar-refractivity contribution is 0.102. The highest BCUT2D eigenvalue weighted by atomic mass is 35.5. The number of halogens is 1. The van der Waals surface area contributed by atoms with E-state index in [-0.39, 0.29) is 5.91 Å². The van der Waals surface area contributed by atoms with Gasteiger partial charge in [-0.2, -0.15) is 0 Å². The first-order valence-corrected chi connectivity index (χ1v) is 6.61. The second-order valence-corrected chi connectivity index (χ2v) is 4.91. The summed E-state index contributed by atoms with van der Waals surface area (Å²) in [5.74, 6) is 5.29. The molecule has 1 aromatic carbocycles. The van der Waals surface area contributed by atoms with E-state index in [2.05, 4.69) is 22.1 Å². The molecular formula is C13H10ClN3OS. The minimum Gasteiger partial charge on any atom is -0.320 e. The number of aromatic nitrogens is 1. The van der Waals surface area contributed by atoms with Crippen LogP contribution in [0.2, 0.25) is 5.02 Å². The van der Waals surface area contributed by atoms with Crippen LogP contribution in [-0.4, -0.2) is 17.4 Å². The monoisotopic (exact) mass is 291 g/mol. The Balaban J connectivity index is 2.11. The van der Waals surface area contributed by atoms with Gasteiger partial charge >= 0.3 is 0 Å². The van der Waals surface area contributed by atoms with Gasteiger partial charge in [0, 0.05) is 0 Å². The second-order valence-electron chi connectivity index (χ2n) is 3.47. The second kappa shape index (κ2) is 6.34. The number of nitrogens with zero attached hydrogens (tertiary/aromatic N) is 1. The van der Waals surface area contributed by atoms with Gasteiger partial charge in [0.2, 0.25) is 0 Å². The summed E-state index contributed by atoms with van der Waals surface area (Å²) in [6.45, 7) is 0.291. The van der Waals surface area contributed by atoms with Gasteiger partial charge in [0.25, 0.3) is 5.91 Å². The SMILES string of the molecule is NCC#Cc1cnc(NC(=O)c2ccccc2Cl)s1. The third-order valence-corrected chi connectivity index (χ3v) is 3.32. The summed E-state index contributed by atoms with van der Waals surface area (Å²) in [5, 5.41) is 3.56. The molecule has 0 radical (unpaired) electrons. The van der Waals surface area contributed by atoms with Crippen LogP contribution in [0.1, 0.15) is 15.2 Å². The number of carbonyl (C=O) groups is 1. The number of carbonyl (C=O) groups excluding carboxylic acids is 1. The maximum Gasteiger partial charge on any atom is 0.258 e. The fourth-order valence-electron chi connectivity index (χ4n) is 1.34. The highest BCUT2D eigenvalue weighted by Gasteiger charge is 2.11. The van der Waals surface area contributed by atoms with E-state index in [9.17, 15) is 4.79 Å². The number of benzene rings is 1. The normalized spacial score (nSPS) is 9.58. The number of hydrogen-bond donors (Lipinski definition) is 2. The smallest absolute Gasteiger partial charge is 0.258 e. The summed E-state index contributed by atoms with van der Waals surface area (Å²) in [4.78, 5) is 16.8. The Morgan fingerprint density at radius 3 is 3.00 bits per heavy atom. The molecule has 0 fully saturated rings. The van der Waals surface area contributed by atoms with Crippen molar-refractivity contribution in [1.82, 2.24) is 4.98 Å². The van der Waals surface area contributed by atoms with E-state index in [1.54, 1.807) is 30.5 Å². The standard InChI is InChI=1S/C13H10ClN3OS/c14-11-6-2-1-5-10(11)12(18)17-13-16-8-9(19-13)4-3-7-15/h1-2,5-6,8H,7,15H2,(H,16,17,18). The van der Waals surface area contributed by atoms with Gasteiger partial charge in [0.1, 0.15) is 0 Å². The van der Waals surface area contributed by atoms with Crippen molar-refractivity contribution >= 4 is 34.0 Å². The first kappa shape index (κ1) is 13.6. The number of amides is 1. The van der Waals surface area contributed by atoms with E-state index in [1.165, 1.54) is 11.3 Å². The van der Waals surface area contributed by atoms with E-state index < -0.39 is 0 Å². The summed E-state index contributed by atoms with van der Waals surface area (Å²) < 4.78 is 0. The summed E-state index contributed by atoms with van der Waals surface area (Å²) in [5.41, 5.74) is 5.69. The molecule has 0 aliphatic rings. The molecule has 0 spiro atoms. The van der Waals surface area contributed by atoms with E-state index >= 15 is 0 Å². The average molecular weight is 292 g/mol. The molecule has 2 aromatic rings. The maximum absolute atomic E-state index is 12.0. The van der Waals surface area contributed by atoms with Crippen LogP contribution < -0.4 is 11.1 Å².